The van der Waals surface area contributed by atoms with Crippen LogP contribution in [0.15, 0.2) is 59.5 Å². The van der Waals surface area contributed by atoms with Crippen molar-refractivity contribution < 1.29 is 19.1 Å². The maximum atomic E-state index is 13.1. The summed E-state index contributed by atoms with van der Waals surface area (Å²) in [4.78, 5) is 27.4. The molecule has 3 aromatic carbocycles. The van der Waals surface area contributed by atoms with E-state index in [0.717, 1.165) is 63.6 Å². The highest BCUT2D eigenvalue weighted by Gasteiger charge is 2.35. The molecule has 0 atom stereocenters. The number of rotatable bonds is 9. The zero-order valence-corrected chi connectivity index (χ0v) is 20.6. The number of carbonyl (C=O) groups is 2. The Morgan fingerprint density at radius 1 is 0.941 bits per heavy atom. The molecular formula is C28H29NO4S. The molecule has 3 aromatic rings. The van der Waals surface area contributed by atoms with Crippen LogP contribution in [-0.4, -0.2) is 35.8 Å². The van der Waals surface area contributed by atoms with Crippen LogP contribution >= 0.6 is 11.8 Å². The van der Waals surface area contributed by atoms with Gasteiger partial charge in [-0.1, -0.05) is 55.8 Å². The number of amides is 2. The Labute approximate surface area is 204 Å². The van der Waals surface area contributed by atoms with Gasteiger partial charge in [0.25, 0.3) is 11.1 Å². The molecule has 4 rings (SSSR count). The molecule has 2 amide bonds. The maximum Gasteiger partial charge on any atom is 0.293 e. The SMILES string of the molecule is CCCCOc1ccc2ccccc2c1/C=C1\SC(=O)N(CCOc2cc(C)ccc2C)C1=O. The van der Waals surface area contributed by atoms with Crippen LogP contribution in [0.25, 0.3) is 16.8 Å². The Balaban J connectivity index is 1.54. The van der Waals surface area contributed by atoms with Crippen LogP contribution in [0.2, 0.25) is 0 Å². The van der Waals surface area contributed by atoms with E-state index in [1.54, 1.807) is 6.08 Å². The summed E-state index contributed by atoms with van der Waals surface area (Å²) in [6.45, 7) is 7.14. The standard InChI is InChI=1S/C28H29NO4S/c1-4-5-15-32-24-13-12-21-8-6-7-9-22(21)23(24)18-26-27(30)29(28(31)34-26)14-16-33-25-17-19(2)10-11-20(25)3/h6-13,17-18H,4-5,14-16H2,1-3H3/b26-18-. The van der Waals surface area contributed by atoms with Gasteiger partial charge in [0.1, 0.15) is 18.1 Å². The monoisotopic (exact) mass is 475 g/mol. The second-order valence-corrected chi connectivity index (χ2v) is 9.34. The van der Waals surface area contributed by atoms with Gasteiger partial charge in [0, 0.05) is 5.56 Å². The molecule has 0 saturated carbocycles. The smallest absolute Gasteiger partial charge is 0.293 e. The lowest BCUT2D eigenvalue weighted by atomic mass is 10.0. The van der Waals surface area contributed by atoms with Gasteiger partial charge in [0.2, 0.25) is 0 Å². The van der Waals surface area contributed by atoms with Crippen LogP contribution in [0.4, 0.5) is 4.79 Å². The maximum absolute atomic E-state index is 13.1. The van der Waals surface area contributed by atoms with Crippen molar-refractivity contribution in [1.82, 2.24) is 4.90 Å². The third-order valence-electron chi connectivity index (χ3n) is 5.75. The number of hydrogen-bond acceptors (Lipinski definition) is 5. The molecule has 1 fully saturated rings. The Morgan fingerprint density at radius 3 is 2.56 bits per heavy atom. The molecule has 1 aliphatic rings. The molecule has 5 nitrogen and oxygen atoms in total. The van der Waals surface area contributed by atoms with Gasteiger partial charge < -0.3 is 9.47 Å². The molecule has 176 valence electrons. The molecule has 0 bridgehead atoms. The second kappa shape index (κ2) is 10.8. The summed E-state index contributed by atoms with van der Waals surface area (Å²) >= 11 is 0.962. The highest BCUT2D eigenvalue weighted by molar-refractivity contribution is 8.18. The third-order valence-corrected chi connectivity index (χ3v) is 6.66. The molecule has 0 aromatic heterocycles. The first-order chi connectivity index (χ1) is 16.5. The van der Waals surface area contributed by atoms with E-state index in [1.807, 2.05) is 68.4 Å². The van der Waals surface area contributed by atoms with E-state index in [1.165, 1.54) is 4.90 Å². The Bertz CT molecular complexity index is 1250. The van der Waals surface area contributed by atoms with E-state index >= 15 is 0 Å². The Morgan fingerprint density at radius 2 is 1.74 bits per heavy atom. The lowest BCUT2D eigenvalue weighted by molar-refractivity contribution is -0.123. The zero-order valence-electron chi connectivity index (χ0n) is 19.8. The number of nitrogens with zero attached hydrogens (tertiary/aromatic N) is 1. The topological polar surface area (TPSA) is 55.8 Å². The van der Waals surface area contributed by atoms with Crippen molar-refractivity contribution in [2.45, 2.75) is 33.6 Å². The van der Waals surface area contributed by atoms with Gasteiger partial charge in [0.15, 0.2) is 0 Å². The lowest BCUT2D eigenvalue weighted by Crippen LogP contribution is -2.32. The number of carbonyl (C=O) groups excluding carboxylic acids is 2. The Hall–Kier alpha value is -3.25. The summed E-state index contributed by atoms with van der Waals surface area (Å²) in [7, 11) is 0. The van der Waals surface area contributed by atoms with Crippen molar-refractivity contribution >= 4 is 39.8 Å². The average molecular weight is 476 g/mol. The normalized spacial score (nSPS) is 14.9. The first-order valence-electron chi connectivity index (χ1n) is 11.6. The molecule has 6 heteroatoms. The van der Waals surface area contributed by atoms with E-state index in [0.29, 0.717) is 11.5 Å². The number of thioether (sulfide) groups is 1. The van der Waals surface area contributed by atoms with Crippen molar-refractivity contribution in [3.05, 3.63) is 76.2 Å². The van der Waals surface area contributed by atoms with E-state index in [9.17, 15) is 9.59 Å². The van der Waals surface area contributed by atoms with Gasteiger partial charge in [-0.25, -0.2) is 0 Å². The summed E-state index contributed by atoms with van der Waals surface area (Å²) < 4.78 is 11.9. The minimum absolute atomic E-state index is 0.199. The number of fused-ring (bicyclic) bond motifs is 1. The fourth-order valence-electron chi connectivity index (χ4n) is 3.81. The largest absolute Gasteiger partial charge is 0.493 e. The molecule has 1 heterocycles. The molecule has 1 saturated heterocycles. The summed E-state index contributed by atoms with van der Waals surface area (Å²) in [6, 6.07) is 17.9. The fraction of sp³-hybridized carbons (Fsp3) is 0.286. The van der Waals surface area contributed by atoms with E-state index < -0.39 is 0 Å². The van der Waals surface area contributed by atoms with Crippen LogP contribution < -0.4 is 9.47 Å². The third kappa shape index (κ3) is 5.28. The number of ether oxygens (including phenoxy) is 2. The Kier molecular flexibility index (Phi) is 7.58. The van der Waals surface area contributed by atoms with Crippen LogP contribution in [-0.2, 0) is 4.79 Å². The average Bonchev–Trinajstić information content (AvgIpc) is 3.10. The van der Waals surface area contributed by atoms with E-state index in [-0.39, 0.29) is 24.3 Å². The zero-order chi connectivity index (χ0) is 24.1. The summed E-state index contributed by atoms with van der Waals surface area (Å²) in [5.41, 5.74) is 2.94. The molecule has 0 radical (unpaired) electrons. The minimum Gasteiger partial charge on any atom is -0.493 e. The van der Waals surface area contributed by atoms with Crippen molar-refractivity contribution in [3.8, 4) is 11.5 Å². The number of aryl methyl sites for hydroxylation is 2. The fourth-order valence-corrected chi connectivity index (χ4v) is 4.66. The number of imide groups is 1. The van der Waals surface area contributed by atoms with Crippen LogP contribution in [0, 0.1) is 13.8 Å². The van der Waals surface area contributed by atoms with Gasteiger partial charge >= 0.3 is 0 Å². The summed E-state index contributed by atoms with van der Waals surface area (Å²) in [5, 5.41) is 1.76. The highest BCUT2D eigenvalue weighted by atomic mass is 32.2. The quantitative estimate of drug-likeness (QED) is 0.253. The van der Waals surface area contributed by atoms with Crippen molar-refractivity contribution in [1.29, 1.82) is 0 Å². The lowest BCUT2D eigenvalue weighted by Gasteiger charge is -2.15. The van der Waals surface area contributed by atoms with Gasteiger partial charge in [-0.15, -0.1) is 0 Å². The minimum atomic E-state index is -0.299. The van der Waals surface area contributed by atoms with Gasteiger partial charge in [-0.2, -0.15) is 0 Å². The number of hydrogen-bond donors (Lipinski definition) is 0. The number of unbranched alkanes of at least 4 members (excludes halogenated alkanes) is 1. The molecule has 0 spiro atoms. The molecule has 34 heavy (non-hydrogen) atoms. The predicted molar refractivity (Wildman–Crippen MR) is 138 cm³/mol. The van der Waals surface area contributed by atoms with Crippen LogP contribution in [0.5, 0.6) is 11.5 Å². The van der Waals surface area contributed by atoms with Gasteiger partial charge in [-0.05, 0) is 72.1 Å². The predicted octanol–water partition coefficient (Wildman–Crippen LogP) is 6.75. The first kappa shape index (κ1) is 23.9. The van der Waals surface area contributed by atoms with E-state index in [4.69, 9.17) is 9.47 Å². The molecule has 0 unspecified atom stereocenters. The van der Waals surface area contributed by atoms with Crippen molar-refractivity contribution in [2.75, 3.05) is 19.8 Å². The molecule has 0 aliphatic carbocycles. The van der Waals surface area contributed by atoms with Crippen molar-refractivity contribution in [2.24, 2.45) is 0 Å². The van der Waals surface area contributed by atoms with E-state index in [2.05, 4.69) is 6.92 Å². The first-order valence-corrected chi connectivity index (χ1v) is 12.4. The highest BCUT2D eigenvalue weighted by Crippen LogP contribution is 2.37. The van der Waals surface area contributed by atoms with Gasteiger partial charge in [0.05, 0.1) is 18.1 Å². The van der Waals surface area contributed by atoms with Crippen LogP contribution in [0.3, 0.4) is 0 Å². The van der Waals surface area contributed by atoms with Crippen molar-refractivity contribution in [3.63, 3.8) is 0 Å². The molecule has 0 N–H and O–H groups in total. The van der Waals surface area contributed by atoms with Gasteiger partial charge in [-0.3, -0.25) is 14.5 Å². The summed E-state index contributed by atoms with van der Waals surface area (Å²) in [5.74, 6) is 1.19. The molecular weight excluding hydrogens is 446 g/mol. The summed E-state index contributed by atoms with van der Waals surface area (Å²) in [6.07, 6.45) is 3.77. The molecule has 1 aliphatic heterocycles. The number of benzene rings is 3. The second-order valence-electron chi connectivity index (χ2n) is 8.35. The van der Waals surface area contributed by atoms with Crippen LogP contribution in [0.1, 0.15) is 36.5 Å².